The third-order valence-electron chi connectivity index (χ3n) is 1.87. The number of thiazole rings is 1. The normalized spacial score (nSPS) is 10.4. The Morgan fingerprint density at radius 3 is 2.83 bits per heavy atom. The van der Waals surface area contributed by atoms with Gasteiger partial charge < -0.3 is 4.98 Å². The Bertz CT molecular complexity index is 263. The highest BCUT2D eigenvalue weighted by Crippen LogP contribution is 2.05. The second-order valence-electron chi connectivity index (χ2n) is 2.98. The van der Waals surface area contributed by atoms with Crippen molar-refractivity contribution in [3.05, 3.63) is 20.7 Å². The van der Waals surface area contributed by atoms with Gasteiger partial charge in [0.05, 0.1) is 0 Å². The lowest BCUT2D eigenvalue weighted by atomic mass is 10.1. The Balaban J connectivity index is 2.20. The molecule has 0 atom stereocenters. The first-order valence-corrected chi connectivity index (χ1v) is 5.37. The van der Waals surface area contributed by atoms with E-state index in [0.29, 0.717) is 0 Å². The maximum absolute atomic E-state index is 10.7. The lowest BCUT2D eigenvalue weighted by Gasteiger charge is -1.95. The van der Waals surface area contributed by atoms with Gasteiger partial charge in [0.1, 0.15) is 0 Å². The van der Waals surface area contributed by atoms with E-state index in [2.05, 4.69) is 11.9 Å². The topological polar surface area (TPSA) is 32.9 Å². The molecule has 0 unspecified atom stereocenters. The molecule has 68 valence electrons. The van der Waals surface area contributed by atoms with Crippen LogP contribution in [0.1, 0.15) is 38.3 Å². The first-order chi connectivity index (χ1) is 5.83. The van der Waals surface area contributed by atoms with Crippen LogP contribution in [0.25, 0.3) is 0 Å². The van der Waals surface area contributed by atoms with Gasteiger partial charge in [-0.15, -0.1) is 0 Å². The molecule has 1 N–H and O–H groups in total. The van der Waals surface area contributed by atoms with Crippen molar-refractivity contribution in [1.29, 1.82) is 0 Å². The zero-order valence-electron chi connectivity index (χ0n) is 7.43. The third-order valence-corrected chi connectivity index (χ3v) is 2.59. The van der Waals surface area contributed by atoms with Crippen molar-refractivity contribution in [3.8, 4) is 0 Å². The summed E-state index contributed by atoms with van der Waals surface area (Å²) in [6.45, 7) is 2.20. The number of H-pyrrole nitrogens is 1. The third kappa shape index (κ3) is 3.22. The highest BCUT2D eigenvalue weighted by atomic mass is 32.1. The fraction of sp³-hybridized carbons (Fsp3) is 0.667. The Morgan fingerprint density at radius 2 is 2.25 bits per heavy atom. The van der Waals surface area contributed by atoms with Crippen LogP contribution in [-0.2, 0) is 6.42 Å². The number of aryl methyl sites for hydroxylation is 1. The van der Waals surface area contributed by atoms with Crippen LogP contribution in [0.15, 0.2) is 10.2 Å². The minimum absolute atomic E-state index is 0.0699. The van der Waals surface area contributed by atoms with Gasteiger partial charge in [-0.3, -0.25) is 4.79 Å². The molecule has 0 saturated heterocycles. The Hall–Kier alpha value is -0.570. The predicted octanol–water partition coefficient (Wildman–Crippen LogP) is 2.56. The first kappa shape index (κ1) is 9.52. The SMILES string of the molecule is CCCCCCc1csc(=O)[nH]1. The van der Waals surface area contributed by atoms with Crippen LogP contribution in [-0.4, -0.2) is 4.98 Å². The molecule has 0 aliphatic heterocycles. The van der Waals surface area contributed by atoms with E-state index in [1.54, 1.807) is 0 Å². The zero-order chi connectivity index (χ0) is 8.81. The van der Waals surface area contributed by atoms with Crippen molar-refractivity contribution in [2.45, 2.75) is 39.0 Å². The van der Waals surface area contributed by atoms with E-state index in [4.69, 9.17) is 0 Å². The van der Waals surface area contributed by atoms with E-state index in [-0.39, 0.29) is 4.87 Å². The molecular formula is C9H15NOS. The maximum atomic E-state index is 10.7. The molecular weight excluding hydrogens is 170 g/mol. The van der Waals surface area contributed by atoms with Gasteiger partial charge in [-0.25, -0.2) is 0 Å². The summed E-state index contributed by atoms with van der Waals surface area (Å²) in [6, 6.07) is 0. The summed E-state index contributed by atoms with van der Waals surface area (Å²) >= 11 is 1.26. The molecule has 0 amide bonds. The number of hydrogen-bond acceptors (Lipinski definition) is 2. The lowest BCUT2D eigenvalue weighted by molar-refractivity contribution is 0.661. The molecule has 1 aromatic rings. The molecule has 12 heavy (non-hydrogen) atoms. The van der Waals surface area contributed by atoms with Crippen LogP contribution in [0.5, 0.6) is 0 Å². The van der Waals surface area contributed by atoms with Gasteiger partial charge in [-0.1, -0.05) is 37.5 Å². The average molecular weight is 185 g/mol. The summed E-state index contributed by atoms with van der Waals surface area (Å²) in [4.78, 5) is 13.6. The molecule has 1 heterocycles. The Kier molecular flexibility index (Phi) is 4.08. The van der Waals surface area contributed by atoms with E-state index in [1.807, 2.05) is 5.38 Å². The van der Waals surface area contributed by atoms with Crippen LogP contribution in [0.4, 0.5) is 0 Å². The van der Waals surface area contributed by atoms with E-state index in [0.717, 1.165) is 12.1 Å². The number of nitrogens with one attached hydrogen (secondary N) is 1. The van der Waals surface area contributed by atoms with E-state index in [9.17, 15) is 4.79 Å². The monoisotopic (exact) mass is 185 g/mol. The molecule has 0 bridgehead atoms. The van der Waals surface area contributed by atoms with E-state index < -0.39 is 0 Å². The van der Waals surface area contributed by atoms with Crippen LogP contribution < -0.4 is 4.87 Å². The molecule has 0 radical (unpaired) electrons. The zero-order valence-corrected chi connectivity index (χ0v) is 8.25. The largest absolute Gasteiger partial charge is 0.317 e. The number of rotatable bonds is 5. The minimum atomic E-state index is 0.0699. The van der Waals surface area contributed by atoms with Gasteiger partial charge in [0.25, 0.3) is 0 Å². The van der Waals surface area contributed by atoms with Crippen LogP contribution in [0, 0.1) is 0 Å². The second kappa shape index (κ2) is 5.14. The molecule has 2 nitrogen and oxygen atoms in total. The number of unbranched alkanes of at least 4 members (excludes halogenated alkanes) is 3. The molecule has 0 aliphatic rings. The van der Waals surface area contributed by atoms with Crippen molar-refractivity contribution < 1.29 is 0 Å². The number of aromatic amines is 1. The Labute approximate surface area is 76.6 Å². The maximum Gasteiger partial charge on any atom is 0.304 e. The summed E-state index contributed by atoms with van der Waals surface area (Å²) < 4.78 is 0. The fourth-order valence-electron chi connectivity index (χ4n) is 1.18. The van der Waals surface area contributed by atoms with Crippen LogP contribution in [0.3, 0.4) is 0 Å². The minimum Gasteiger partial charge on any atom is -0.317 e. The van der Waals surface area contributed by atoms with Crippen molar-refractivity contribution in [2.75, 3.05) is 0 Å². The Morgan fingerprint density at radius 1 is 1.42 bits per heavy atom. The summed E-state index contributed by atoms with van der Waals surface area (Å²) in [7, 11) is 0. The van der Waals surface area contributed by atoms with Crippen LogP contribution in [0.2, 0.25) is 0 Å². The van der Waals surface area contributed by atoms with E-state index in [1.165, 1.54) is 37.0 Å². The molecule has 1 aromatic heterocycles. The quantitative estimate of drug-likeness (QED) is 0.703. The fourth-order valence-corrected chi connectivity index (χ4v) is 1.79. The van der Waals surface area contributed by atoms with Crippen molar-refractivity contribution in [1.82, 2.24) is 4.98 Å². The summed E-state index contributed by atoms with van der Waals surface area (Å²) in [6.07, 6.45) is 6.06. The van der Waals surface area contributed by atoms with Gasteiger partial charge >= 0.3 is 4.87 Å². The molecule has 0 aromatic carbocycles. The first-order valence-electron chi connectivity index (χ1n) is 4.49. The average Bonchev–Trinajstić information content (AvgIpc) is 2.45. The highest BCUT2D eigenvalue weighted by molar-refractivity contribution is 7.07. The highest BCUT2D eigenvalue weighted by Gasteiger charge is 1.95. The predicted molar refractivity (Wildman–Crippen MR) is 52.8 cm³/mol. The van der Waals surface area contributed by atoms with Gasteiger partial charge in [0.15, 0.2) is 0 Å². The van der Waals surface area contributed by atoms with Crippen molar-refractivity contribution in [2.24, 2.45) is 0 Å². The molecule has 1 rings (SSSR count). The van der Waals surface area contributed by atoms with Gasteiger partial charge in [-0.05, 0) is 12.8 Å². The van der Waals surface area contributed by atoms with Gasteiger partial charge in [0, 0.05) is 11.1 Å². The van der Waals surface area contributed by atoms with Gasteiger partial charge in [0.2, 0.25) is 0 Å². The number of aromatic nitrogens is 1. The van der Waals surface area contributed by atoms with Crippen molar-refractivity contribution in [3.63, 3.8) is 0 Å². The summed E-state index contributed by atoms with van der Waals surface area (Å²) in [5, 5.41) is 1.92. The molecule has 3 heteroatoms. The lowest BCUT2D eigenvalue weighted by Crippen LogP contribution is -1.95. The van der Waals surface area contributed by atoms with Crippen LogP contribution >= 0.6 is 11.3 Å². The van der Waals surface area contributed by atoms with Crippen molar-refractivity contribution >= 4 is 11.3 Å². The summed E-state index contributed by atoms with van der Waals surface area (Å²) in [5.74, 6) is 0. The standard InChI is InChI=1S/C9H15NOS/c1-2-3-4-5-6-8-7-12-9(11)10-8/h7H,2-6H2,1H3,(H,10,11). The van der Waals surface area contributed by atoms with E-state index >= 15 is 0 Å². The second-order valence-corrected chi connectivity index (χ2v) is 3.83. The smallest absolute Gasteiger partial charge is 0.304 e. The summed E-state index contributed by atoms with van der Waals surface area (Å²) in [5.41, 5.74) is 1.10. The molecule has 0 aliphatic carbocycles. The molecule has 0 spiro atoms. The molecule has 0 fully saturated rings. The van der Waals surface area contributed by atoms with Gasteiger partial charge in [-0.2, -0.15) is 0 Å². The number of hydrogen-bond donors (Lipinski definition) is 1. The molecule has 0 saturated carbocycles.